The van der Waals surface area contributed by atoms with E-state index < -0.39 is 29.2 Å². The quantitative estimate of drug-likeness (QED) is 0.176. The molecule has 0 aliphatic heterocycles. The number of amides is 1. The van der Waals surface area contributed by atoms with Crippen molar-refractivity contribution in [2.24, 2.45) is 0 Å². The number of fused-ring (bicyclic) bond motifs is 1. The van der Waals surface area contributed by atoms with Gasteiger partial charge in [0.05, 0.1) is 40.5 Å². The third-order valence-electron chi connectivity index (χ3n) is 8.66. The van der Waals surface area contributed by atoms with Crippen LogP contribution in [0.15, 0.2) is 121 Å². The van der Waals surface area contributed by atoms with Crippen molar-refractivity contribution in [2.75, 3.05) is 0 Å². The highest BCUT2D eigenvalue weighted by atomic mass is 19.4. The van der Waals surface area contributed by atoms with Crippen molar-refractivity contribution in [1.29, 1.82) is 0 Å². The highest BCUT2D eigenvalue weighted by molar-refractivity contribution is 6.08. The molecule has 2 N–H and O–H groups in total. The second kappa shape index (κ2) is 11.6. The third-order valence-corrected chi connectivity index (χ3v) is 8.66. The van der Waals surface area contributed by atoms with Crippen molar-refractivity contribution in [1.82, 2.24) is 15.1 Å². The molecule has 0 spiro atoms. The first kappa shape index (κ1) is 30.0. The molecule has 1 heterocycles. The van der Waals surface area contributed by atoms with Crippen LogP contribution in [0.25, 0.3) is 33.2 Å². The van der Waals surface area contributed by atoms with Gasteiger partial charge < -0.3 is 10.4 Å². The monoisotopic (exact) mass is 631 g/mol. The van der Waals surface area contributed by atoms with Gasteiger partial charge in [0, 0.05) is 5.39 Å². The first-order valence-corrected chi connectivity index (χ1v) is 15.1. The number of carboxylic acid groups (broad SMARTS) is 1. The summed E-state index contributed by atoms with van der Waals surface area (Å²) in [6, 6.07) is 32.9. The zero-order chi connectivity index (χ0) is 32.8. The van der Waals surface area contributed by atoms with Crippen LogP contribution in [0.3, 0.4) is 0 Å². The summed E-state index contributed by atoms with van der Waals surface area (Å²) in [7, 11) is 0. The number of carbonyl (C=O) groups is 2. The van der Waals surface area contributed by atoms with Gasteiger partial charge in [-0.3, -0.25) is 9.48 Å². The summed E-state index contributed by atoms with van der Waals surface area (Å²) in [6.07, 6.45) is -1.57. The number of rotatable bonds is 8. The van der Waals surface area contributed by atoms with Crippen LogP contribution in [0.2, 0.25) is 0 Å². The predicted octanol–water partition coefficient (Wildman–Crippen LogP) is 8.55. The molecule has 6 aromatic rings. The molecule has 234 valence electrons. The Morgan fingerprint density at radius 1 is 0.787 bits per heavy atom. The van der Waals surface area contributed by atoms with Gasteiger partial charge in [-0.2, -0.15) is 18.3 Å². The number of nitrogens with zero attached hydrogens (tertiary/aromatic N) is 2. The lowest BCUT2D eigenvalue weighted by atomic mass is 9.97. The van der Waals surface area contributed by atoms with Gasteiger partial charge in [0.2, 0.25) is 0 Å². The zero-order valence-electron chi connectivity index (χ0n) is 25.0. The van der Waals surface area contributed by atoms with Crippen molar-refractivity contribution < 1.29 is 27.9 Å². The van der Waals surface area contributed by atoms with E-state index in [0.29, 0.717) is 41.4 Å². The first-order chi connectivity index (χ1) is 22.6. The van der Waals surface area contributed by atoms with E-state index in [2.05, 4.69) is 16.5 Å². The van der Waals surface area contributed by atoms with E-state index in [0.717, 1.165) is 34.4 Å². The summed E-state index contributed by atoms with van der Waals surface area (Å²) in [4.78, 5) is 25.6. The number of carbonyl (C=O) groups excluding carboxylic acids is 1. The van der Waals surface area contributed by atoms with Crippen LogP contribution in [0.5, 0.6) is 0 Å². The van der Waals surface area contributed by atoms with Crippen LogP contribution >= 0.6 is 0 Å². The van der Waals surface area contributed by atoms with Crippen LogP contribution < -0.4 is 5.32 Å². The minimum Gasteiger partial charge on any atom is -0.478 e. The summed E-state index contributed by atoms with van der Waals surface area (Å²) >= 11 is 0. The molecule has 9 heteroatoms. The molecule has 1 aliphatic rings. The highest BCUT2D eigenvalue weighted by Crippen LogP contribution is 2.46. The molecule has 0 saturated heterocycles. The molecule has 0 atom stereocenters. The number of hydrogen-bond acceptors (Lipinski definition) is 3. The van der Waals surface area contributed by atoms with Gasteiger partial charge >= 0.3 is 12.1 Å². The van der Waals surface area contributed by atoms with Gasteiger partial charge in [0.15, 0.2) is 0 Å². The zero-order valence-corrected chi connectivity index (χ0v) is 25.0. The van der Waals surface area contributed by atoms with E-state index >= 15 is 0 Å². The molecule has 1 saturated carbocycles. The maximum Gasteiger partial charge on any atom is 0.416 e. The maximum atomic E-state index is 14.2. The van der Waals surface area contributed by atoms with E-state index in [1.807, 2.05) is 48.5 Å². The second-order valence-electron chi connectivity index (χ2n) is 11.8. The largest absolute Gasteiger partial charge is 0.478 e. The molecule has 1 aromatic heterocycles. The molecule has 0 radical (unpaired) electrons. The van der Waals surface area contributed by atoms with E-state index in [4.69, 9.17) is 0 Å². The van der Waals surface area contributed by atoms with Gasteiger partial charge in [-0.15, -0.1) is 0 Å². The van der Waals surface area contributed by atoms with E-state index in [1.165, 1.54) is 18.2 Å². The number of carboxylic acids is 1. The lowest BCUT2D eigenvalue weighted by Gasteiger charge is -2.20. The van der Waals surface area contributed by atoms with Gasteiger partial charge in [-0.05, 0) is 88.7 Å². The molecule has 0 bridgehead atoms. The van der Waals surface area contributed by atoms with Gasteiger partial charge in [-0.25, -0.2) is 4.79 Å². The van der Waals surface area contributed by atoms with Crippen LogP contribution in [-0.4, -0.2) is 26.8 Å². The van der Waals surface area contributed by atoms with Crippen molar-refractivity contribution >= 4 is 22.8 Å². The summed E-state index contributed by atoms with van der Waals surface area (Å²) in [5.74, 6) is -1.44. The number of benzene rings is 5. The Bertz CT molecular complexity index is 2130. The average molecular weight is 632 g/mol. The van der Waals surface area contributed by atoms with Crippen LogP contribution in [0.4, 0.5) is 13.2 Å². The Labute approximate surface area is 268 Å². The molecule has 6 nitrogen and oxygen atoms in total. The van der Waals surface area contributed by atoms with Crippen molar-refractivity contribution in [3.8, 4) is 22.3 Å². The number of halogens is 3. The summed E-state index contributed by atoms with van der Waals surface area (Å²) in [5, 5.41) is 17.7. The Morgan fingerprint density at radius 3 is 2.15 bits per heavy atom. The lowest BCUT2D eigenvalue weighted by molar-refractivity contribution is -0.137. The fourth-order valence-electron chi connectivity index (χ4n) is 6.05. The summed E-state index contributed by atoms with van der Waals surface area (Å²) in [6.45, 7) is 0.356. The fourth-order valence-corrected chi connectivity index (χ4v) is 6.05. The molecule has 5 aromatic carbocycles. The number of aromatic nitrogens is 2. The second-order valence-corrected chi connectivity index (χ2v) is 11.8. The molecule has 1 aliphatic carbocycles. The van der Waals surface area contributed by atoms with E-state index in [-0.39, 0.29) is 11.1 Å². The Morgan fingerprint density at radius 2 is 1.47 bits per heavy atom. The molecule has 7 rings (SSSR count). The van der Waals surface area contributed by atoms with Gasteiger partial charge in [0.1, 0.15) is 0 Å². The van der Waals surface area contributed by atoms with Crippen LogP contribution in [0, 0.1) is 0 Å². The summed E-state index contributed by atoms with van der Waals surface area (Å²) < 4.78 is 42.6. The molecule has 1 amide bonds. The normalized spacial score (nSPS) is 13.8. The SMILES string of the molecule is O=C(O)c1ccc(C2(NC(=O)c3cc(-c4cccc(C(F)(F)F)c4)cc4cnn(Cc5cccc(-c6ccccc6)c5)c34)CC2)cc1. The number of aromatic carboxylic acids is 1. The molecule has 1 fully saturated rings. The maximum absolute atomic E-state index is 14.2. The standard InChI is InChI=1S/C38H28F3N3O3/c39-38(40,41)32-11-5-10-28(20-32)29-19-30-22-42-44(23-24-6-4-9-27(18-24)25-7-2-1-3-8-25)34(30)33(21-29)35(45)43-37(16-17-37)31-14-12-26(13-15-31)36(46)47/h1-15,18-22H,16-17,23H2,(H,43,45)(H,46,47). The molecule has 0 unspecified atom stereocenters. The minimum atomic E-state index is -4.52. The Balaban J connectivity index is 1.30. The average Bonchev–Trinajstić information content (AvgIpc) is 3.76. The number of hydrogen-bond donors (Lipinski definition) is 2. The fraction of sp³-hybridized carbons (Fsp3) is 0.132. The van der Waals surface area contributed by atoms with Gasteiger partial charge in [-0.1, -0.05) is 72.8 Å². The van der Waals surface area contributed by atoms with E-state index in [9.17, 15) is 27.9 Å². The predicted molar refractivity (Wildman–Crippen MR) is 173 cm³/mol. The summed E-state index contributed by atoms with van der Waals surface area (Å²) in [5.41, 5.74) is 4.14. The van der Waals surface area contributed by atoms with E-state index in [1.54, 1.807) is 41.2 Å². The van der Waals surface area contributed by atoms with Gasteiger partial charge in [0.25, 0.3) is 5.91 Å². The van der Waals surface area contributed by atoms with Crippen LogP contribution in [-0.2, 0) is 18.3 Å². The molecule has 47 heavy (non-hydrogen) atoms. The lowest BCUT2D eigenvalue weighted by Crippen LogP contribution is -2.35. The topological polar surface area (TPSA) is 84.2 Å². The number of alkyl halides is 3. The van der Waals surface area contributed by atoms with Crippen molar-refractivity contribution in [3.63, 3.8) is 0 Å². The number of nitrogens with one attached hydrogen (secondary N) is 1. The molecular weight excluding hydrogens is 603 g/mol. The Kier molecular flexibility index (Phi) is 7.39. The molecular formula is C38H28F3N3O3. The Hall–Kier alpha value is -5.70. The third kappa shape index (κ3) is 6.00. The minimum absolute atomic E-state index is 0.145. The first-order valence-electron chi connectivity index (χ1n) is 15.1. The van der Waals surface area contributed by atoms with Crippen molar-refractivity contribution in [3.05, 3.63) is 149 Å². The smallest absolute Gasteiger partial charge is 0.416 e. The highest BCUT2D eigenvalue weighted by Gasteiger charge is 2.46. The van der Waals surface area contributed by atoms with Crippen LogP contribution in [0.1, 0.15) is 50.2 Å². The van der Waals surface area contributed by atoms with Crippen molar-refractivity contribution in [2.45, 2.75) is 31.1 Å².